The van der Waals surface area contributed by atoms with E-state index in [-0.39, 0.29) is 5.56 Å². The highest BCUT2D eigenvalue weighted by Gasteiger charge is 2.15. The van der Waals surface area contributed by atoms with Gasteiger partial charge >= 0.3 is 5.97 Å². The average molecular weight is 399 g/mol. The topological polar surface area (TPSA) is 112 Å². The zero-order valence-electron chi connectivity index (χ0n) is 16.3. The summed E-state index contributed by atoms with van der Waals surface area (Å²) in [5.41, 5.74) is 3.30. The second-order valence-electron chi connectivity index (χ2n) is 6.62. The third-order valence-electron chi connectivity index (χ3n) is 4.81. The number of methoxy groups -OCH3 is 1. The van der Waals surface area contributed by atoms with Crippen molar-refractivity contribution in [1.29, 1.82) is 5.26 Å². The average Bonchev–Trinajstić information content (AvgIpc) is 3.38. The predicted octanol–water partition coefficient (Wildman–Crippen LogP) is 4.90. The molecule has 2 aromatic heterocycles. The highest BCUT2D eigenvalue weighted by molar-refractivity contribution is 5.92. The van der Waals surface area contributed by atoms with E-state index in [1.54, 1.807) is 56.5 Å². The summed E-state index contributed by atoms with van der Waals surface area (Å²) in [6, 6.07) is 16.1. The molecule has 7 nitrogen and oxygen atoms in total. The molecule has 0 unspecified atom stereocenters. The number of fused-ring (bicyclic) bond motifs is 1. The van der Waals surface area contributed by atoms with Crippen LogP contribution in [0.15, 0.2) is 52.9 Å². The Hall–Kier alpha value is -4.31. The molecule has 148 valence electrons. The normalized spacial score (nSPS) is 11.4. The van der Waals surface area contributed by atoms with Crippen LogP contribution < -0.4 is 4.74 Å². The minimum atomic E-state index is -0.991. The standard InChI is InChI=1S/C23H17N3O4/c1-13-17(4-3-5-18(13)23(27)28)21-9-7-16(30-21)10-14(12-24)22-25-19-8-6-15(29-2)11-20(19)26-22/h3-11H,1-2H3,(H,25,26)(H,27,28)/b14-10-. The van der Waals surface area contributed by atoms with Crippen molar-refractivity contribution in [3.8, 4) is 23.1 Å². The summed E-state index contributed by atoms with van der Waals surface area (Å²) < 4.78 is 11.1. The molecule has 2 N–H and O–H groups in total. The van der Waals surface area contributed by atoms with Crippen molar-refractivity contribution in [3.63, 3.8) is 0 Å². The van der Waals surface area contributed by atoms with E-state index < -0.39 is 5.97 Å². The van der Waals surface area contributed by atoms with Gasteiger partial charge in [0.15, 0.2) is 0 Å². The summed E-state index contributed by atoms with van der Waals surface area (Å²) in [5.74, 6) is 1.10. The maximum absolute atomic E-state index is 11.4. The molecule has 0 spiro atoms. The zero-order valence-corrected chi connectivity index (χ0v) is 16.3. The first-order valence-corrected chi connectivity index (χ1v) is 9.09. The lowest BCUT2D eigenvalue weighted by molar-refractivity contribution is 0.0696. The lowest BCUT2D eigenvalue weighted by atomic mass is 10.0. The molecule has 0 amide bonds. The van der Waals surface area contributed by atoms with Crippen molar-refractivity contribution in [3.05, 3.63) is 71.2 Å². The van der Waals surface area contributed by atoms with E-state index in [9.17, 15) is 15.2 Å². The first-order chi connectivity index (χ1) is 14.5. The number of carboxylic acid groups (broad SMARTS) is 1. The molecule has 0 aliphatic rings. The number of allylic oxidation sites excluding steroid dienone is 1. The molecule has 0 aliphatic heterocycles. The van der Waals surface area contributed by atoms with Crippen LogP contribution in [0.25, 0.3) is 34.0 Å². The van der Waals surface area contributed by atoms with Crippen molar-refractivity contribution in [2.45, 2.75) is 6.92 Å². The van der Waals surface area contributed by atoms with E-state index in [0.29, 0.717) is 45.3 Å². The molecular formula is C23H17N3O4. The number of imidazole rings is 1. The monoisotopic (exact) mass is 399 g/mol. The number of ether oxygens (including phenoxy) is 1. The Labute approximate surface area is 171 Å². The number of aromatic carboxylic acids is 1. The summed E-state index contributed by atoms with van der Waals surface area (Å²) >= 11 is 0. The number of nitriles is 1. The number of rotatable bonds is 5. The Morgan fingerprint density at radius 1 is 1.27 bits per heavy atom. The number of furan rings is 1. The molecule has 4 rings (SSSR count). The van der Waals surface area contributed by atoms with Gasteiger partial charge in [0.25, 0.3) is 0 Å². The lowest BCUT2D eigenvalue weighted by Crippen LogP contribution is -2.00. The van der Waals surface area contributed by atoms with Gasteiger partial charge in [-0.25, -0.2) is 9.78 Å². The number of H-pyrrole nitrogens is 1. The maximum Gasteiger partial charge on any atom is 0.335 e. The molecule has 0 saturated heterocycles. The van der Waals surface area contributed by atoms with Gasteiger partial charge < -0.3 is 19.2 Å². The number of hydrogen-bond acceptors (Lipinski definition) is 5. The number of aromatic amines is 1. The summed E-state index contributed by atoms with van der Waals surface area (Å²) in [7, 11) is 1.58. The SMILES string of the molecule is COc1ccc2nc(/C(C#N)=C\c3ccc(-c4cccc(C(=O)O)c4C)o3)[nH]c2c1. The van der Waals surface area contributed by atoms with Crippen molar-refractivity contribution in [2.75, 3.05) is 7.11 Å². The van der Waals surface area contributed by atoms with Gasteiger partial charge in [-0.2, -0.15) is 5.26 Å². The number of nitrogens with one attached hydrogen (secondary N) is 1. The summed E-state index contributed by atoms with van der Waals surface area (Å²) in [6.07, 6.45) is 1.59. The molecule has 2 heterocycles. The molecule has 0 bridgehead atoms. The molecule has 0 aliphatic carbocycles. The summed E-state index contributed by atoms with van der Waals surface area (Å²) in [4.78, 5) is 18.9. The Bertz CT molecular complexity index is 1340. The van der Waals surface area contributed by atoms with E-state index in [1.165, 1.54) is 0 Å². The molecule has 0 saturated carbocycles. The number of nitrogens with zero attached hydrogens (tertiary/aromatic N) is 2. The fourth-order valence-electron chi connectivity index (χ4n) is 3.25. The van der Waals surface area contributed by atoms with E-state index in [1.807, 2.05) is 12.1 Å². The van der Waals surface area contributed by atoms with Crippen LogP contribution in [0.2, 0.25) is 0 Å². The Morgan fingerprint density at radius 2 is 2.10 bits per heavy atom. The number of hydrogen-bond donors (Lipinski definition) is 2. The van der Waals surface area contributed by atoms with Gasteiger partial charge in [0.2, 0.25) is 0 Å². The lowest BCUT2D eigenvalue weighted by Gasteiger charge is -2.05. The van der Waals surface area contributed by atoms with Crippen molar-refractivity contribution < 1.29 is 19.1 Å². The smallest absolute Gasteiger partial charge is 0.335 e. The van der Waals surface area contributed by atoms with Crippen molar-refractivity contribution in [1.82, 2.24) is 9.97 Å². The van der Waals surface area contributed by atoms with E-state index in [4.69, 9.17) is 9.15 Å². The summed E-state index contributed by atoms with van der Waals surface area (Å²) in [5, 5.41) is 18.9. The Morgan fingerprint density at radius 3 is 2.83 bits per heavy atom. The minimum Gasteiger partial charge on any atom is -0.497 e. The second kappa shape index (κ2) is 7.60. The highest BCUT2D eigenvalue weighted by Crippen LogP contribution is 2.29. The molecule has 2 aromatic carbocycles. The van der Waals surface area contributed by atoms with E-state index in [2.05, 4.69) is 16.0 Å². The van der Waals surface area contributed by atoms with Gasteiger partial charge in [-0.1, -0.05) is 12.1 Å². The van der Waals surface area contributed by atoms with Gasteiger partial charge in [0, 0.05) is 17.7 Å². The molecule has 0 radical (unpaired) electrons. The van der Waals surface area contributed by atoms with Crippen LogP contribution >= 0.6 is 0 Å². The molecule has 30 heavy (non-hydrogen) atoms. The summed E-state index contributed by atoms with van der Waals surface area (Å²) in [6.45, 7) is 1.74. The second-order valence-corrected chi connectivity index (χ2v) is 6.62. The number of aromatic nitrogens is 2. The van der Waals surface area contributed by atoms with Crippen LogP contribution in [0, 0.1) is 18.3 Å². The Kier molecular flexibility index (Phi) is 4.82. The molecule has 4 aromatic rings. The largest absolute Gasteiger partial charge is 0.497 e. The van der Waals surface area contributed by atoms with Crippen LogP contribution in [-0.4, -0.2) is 28.2 Å². The predicted molar refractivity (Wildman–Crippen MR) is 112 cm³/mol. The zero-order chi connectivity index (χ0) is 21.3. The first-order valence-electron chi connectivity index (χ1n) is 9.09. The first kappa shape index (κ1) is 19.0. The molecule has 7 heteroatoms. The molecule has 0 fully saturated rings. The third kappa shape index (κ3) is 3.42. The van der Waals surface area contributed by atoms with E-state index in [0.717, 1.165) is 5.52 Å². The van der Waals surface area contributed by atoms with Gasteiger partial charge in [-0.15, -0.1) is 0 Å². The van der Waals surface area contributed by atoms with Crippen LogP contribution in [-0.2, 0) is 0 Å². The fraction of sp³-hybridized carbons (Fsp3) is 0.0870. The van der Waals surface area contributed by atoms with Crippen LogP contribution in [0.3, 0.4) is 0 Å². The third-order valence-corrected chi connectivity index (χ3v) is 4.81. The number of carbonyl (C=O) groups is 1. The number of carboxylic acids is 1. The van der Waals surface area contributed by atoms with Crippen LogP contribution in [0.5, 0.6) is 5.75 Å². The maximum atomic E-state index is 11.4. The van der Waals surface area contributed by atoms with Crippen LogP contribution in [0.4, 0.5) is 0 Å². The van der Waals surface area contributed by atoms with Crippen LogP contribution in [0.1, 0.15) is 27.5 Å². The van der Waals surface area contributed by atoms with Gasteiger partial charge in [-0.05, 0) is 42.8 Å². The van der Waals surface area contributed by atoms with Crippen molar-refractivity contribution >= 4 is 28.7 Å². The van der Waals surface area contributed by atoms with E-state index >= 15 is 0 Å². The highest BCUT2D eigenvalue weighted by atomic mass is 16.5. The van der Waals surface area contributed by atoms with Crippen molar-refractivity contribution in [2.24, 2.45) is 0 Å². The Balaban J connectivity index is 1.70. The fourth-order valence-corrected chi connectivity index (χ4v) is 3.25. The quantitative estimate of drug-likeness (QED) is 0.462. The van der Waals surface area contributed by atoms with Gasteiger partial charge in [0.1, 0.15) is 29.2 Å². The molecule has 0 atom stereocenters. The minimum absolute atomic E-state index is 0.219. The van der Waals surface area contributed by atoms with Gasteiger partial charge in [0.05, 0.1) is 29.3 Å². The molecular weight excluding hydrogens is 382 g/mol. The number of benzene rings is 2. The van der Waals surface area contributed by atoms with Gasteiger partial charge in [-0.3, -0.25) is 0 Å².